The molecule has 0 saturated heterocycles. The van der Waals surface area contributed by atoms with Crippen LogP contribution in [0.5, 0.6) is 0 Å². The molecule has 1 N–H and O–H groups in total. The van der Waals surface area contributed by atoms with Crippen LogP contribution in [0.3, 0.4) is 0 Å². The van der Waals surface area contributed by atoms with Crippen LogP contribution in [0.2, 0.25) is 0 Å². The Bertz CT molecular complexity index is 1510. The number of imidazole rings is 1. The van der Waals surface area contributed by atoms with Gasteiger partial charge in [0.15, 0.2) is 5.82 Å². The van der Waals surface area contributed by atoms with E-state index in [1.54, 1.807) is 6.20 Å². The Morgan fingerprint density at radius 1 is 1.00 bits per heavy atom. The summed E-state index contributed by atoms with van der Waals surface area (Å²) in [6, 6.07) is 18.3. The van der Waals surface area contributed by atoms with Gasteiger partial charge in [-0.05, 0) is 51.6 Å². The third-order valence-corrected chi connectivity index (χ3v) is 6.41. The monoisotopic (exact) mass is 479 g/mol. The molecular weight excluding hydrogens is 450 g/mol. The lowest BCUT2D eigenvalue weighted by Gasteiger charge is -2.12. The van der Waals surface area contributed by atoms with E-state index >= 15 is 0 Å². The van der Waals surface area contributed by atoms with Crippen LogP contribution >= 0.6 is 0 Å². The molecule has 3 aromatic heterocycles. The van der Waals surface area contributed by atoms with Crippen LogP contribution < -0.4 is 5.69 Å². The SMILES string of the molecule is CCCc1cn(-c2ccccc2C(C)C)c(=O)n1Cc1ccc(-c2cnccc2-c2nnn[nH]2)cc1. The second-order valence-electron chi connectivity index (χ2n) is 9.19. The third-order valence-electron chi connectivity index (χ3n) is 6.41. The number of H-pyrrole nitrogens is 1. The van der Waals surface area contributed by atoms with Gasteiger partial charge in [-0.2, -0.15) is 0 Å². The van der Waals surface area contributed by atoms with Crippen molar-refractivity contribution in [2.24, 2.45) is 0 Å². The minimum atomic E-state index is -0.0111. The number of para-hydroxylation sites is 1. The molecule has 0 aliphatic rings. The predicted octanol–water partition coefficient (Wildman–Crippen LogP) is 5.01. The average molecular weight is 480 g/mol. The van der Waals surface area contributed by atoms with Gasteiger partial charge < -0.3 is 0 Å². The van der Waals surface area contributed by atoms with E-state index in [2.05, 4.69) is 76.7 Å². The summed E-state index contributed by atoms with van der Waals surface area (Å²) in [6.45, 7) is 6.96. The normalized spacial score (nSPS) is 11.3. The summed E-state index contributed by atoms with van der Waals surface area (Å²) in [6.07, 6.45) is 7.35. The molecule has 0 saturated carbocycles. The predicted molar refractivity (Wildman–Crippen MR) is 140 cm³/mol. The van der Waals surface area contributed by atoms with Crippen molar-refractivity contribution < 1.29 is 0 Å². The van der Waals surface area contributed by atoms with E-state index in [9.17, 15) is 4.79 Å². The Morgan fingerprint density at radius 2 is 1.81 bits per heavy atom. The highest BCUT2D eigenvalue weighted by Crippen LogP contribution is 2.29. The Kier molecular flexibility index (Phi) is 6.58. The minimum absolute atomic E-state index is 0.0111. The van der Waals surface area contributed by atoms with Gasteiger partial charge >= 0.3 is 5.69 Å². The van der Waals surface area contributed by atoms with Crippen LogP contribution in [0.4, 0.5) is 0 Å². The first kappa shape index (κ1) is 23.4. The first-order valence-corrected chi connectivity index (χ1v) is 12.2. The van der Waals surface area contributed by atoms with Crippen LogP contribution in [0, 0.1) is 0 Å². The van der Waals surface area contributed by atoms with Gasteiger partial charge in [0.25, 0.3) is 0 Å². The maximum atomic E-state index is 13.6. The Hall–Kier alpha value is -4.33. The second-order valence-corrected chi connectivity index (χ2v) is 9.19. The summed E-state index contributed by atoms with van der Waals surface area (Å²) >= 11 is 0. The van der Waals surface area contributed by atoms with E-state index in [1.165, 1.54) is 5.56 Å². The topological polar surface area (TPSA) is 94.3 Å². The summed E-state index contributed by atoms with van der Waals surface area (Å²) in [5.41, 5.74) is 7.02. The fourth-order valence-corrected chi connectivity index (χ4v) is 4.60. The molecule has 36 heavy (non-hydrogen) atoms. The number of rotatable bonds is 8. The van der Waals surface area contributed by atoms with Gasteiger partial charge in [0, 0.05) is 35.4 Å². The van der Waals surface area contributed by atoms with Crippen LogP contribution in [0.1, 0.15) is 49.9 Å². The van der Waals surface area contributed by atoms with E-state index in [0.29, 0.717) is 18.3 Å². The number of aromatic amines is 1. The van der Waals surface area contributed by atoms with Crippen LogP contribution in [0.15, 0.2) is 78.0 Å². The molecule has 0 atom stereocenters. The molecule has 8 nitrogen and oxygen atoms in total. The number of pyridine rings is 1. The zero-order valence-electron chi connectivity index (χ0n) is 20.7. The van der Waals surface area contributed by atoms with Crippen LogP contribution in [-0.2, 0) is 13.0 Å². The highest BCUT2D eigenvalue weighted by atomic mass is 16.1. The number of benzene rings is 2. The largest absolute Gasteiger partial charge is 0.333 e. The number of hydrogen-bond donors (Lipinski definition) is 1. The van der Waals surface area contributed by atoms with E-state index in [4.69, 9.17) is 0 Å². The second kappa shape index (κ2) is 10.1. The first-order chi connectivity index (χ1) is 17.6. The molecule has 3 heterocycles. The standard InChI is InChI=1S/C28H29N7O/c1-4-7-22-18-35(26-9-6-5-8-23(26)19(2)3)28(36)34(22)17-20-10-12-21(13-11-20)25-16-29-15-14-24(25)27-30-32-33-31-27/h5-6,8-16,18-19H,4,7,17H2,1-3H3,(H,30,31,32,33). The number of aryl methyl sites for hydroxylation is 1. The van der Waals surface area contributed by atoms with E-state index in [1.807, 2.05) is 45.8 Å². The molecular formula is C28H29N7O. The summed E-state index contributed by atoms with van der Waals surface area (Å²) in [5, 5.41) is 14.2. The molecule has 0 amide bonds. The lowest BCUT2D eigenvalue weighted by Crippen LogP contribution is -2.25. The summed E-state index contributed by atoms with van der Waals surface area (Å²) in [5.74, 6) is 0.916. The summed E-state index contributed by atoms with van der Waals surface area (Å²) in [7, 11) is 0. The quantitative estimate of drug-likeness (QED) is 0.338. The van der Waals surface area contributed by atoms with Gasteiger partial charge in [0.05, 0.1) is 12.2 Å². The molecule has 5 aromatic rings. The number of aromatic nitrogens is 7. The molecule has 0 spiro atoms. The Balaban J connectivity index is 1.49. The molecule has 0 radical (unpaired) electrons. The van der Waals surface area contributed by atoms with Crippen molar-refractivity contribution in [3.05, 3.63) is 100 Å². The molecule has 182 valence electrons. The van der Waals surface area contributed by atoms with Gasteiger partial charge in [-0.25, -0.2) is 9.89 Å². The number of tetrazole rings is 1. The van der Waals surface area contributed by atoms with Crippen molar-refractivity contribution in [1.29, 1.82) is 0 Å². The molecule has 5 rings (SSSR count). The molecule has 0 bridgehead atoms. The molecule has 2 aromatic carbocycles. The highest BCUT2D eigenvalue weighted by molar-refractivity contribution is 5.79. The van der Waals surface area contributed by atoms with Gasteiger partial charge in [0.2, 0.25) is 0 Å². The van der Waals surface area contributed by atoms with E-state index in [-0.39, 0.29) is 5.69 Å². The van der Waals surface area contributed by atoms with Gasteiger partial charge in [0.1, 0.15) is 0 Å². The number of nitrogens with one attached hydrogen (secondary N) is 1. The zero-order chi connectivity index (χ0) is 25.1. The van der Waals surface area contributed by atoms with Crippen molar-refractivity contribution in [3.8, 4) is 28.2 Å². The number of nitrogens with zero attached hydrogens (tertiary/aromatic N) is 6. The minimum Gasteiger partial charge on any atom is -0.292 e. The number of hydrogen-bond acceptors (Lipinski definition) is 5. The Labute approximate surface area is 209 Å². The van der Waals surface area contributed by atoms with Gasteiger partial charge in [-0.3, -0.25) is 14.1 Å². The molecule has 0 fully saturated rings. The smallest absolute Gasteiger partial charge is 0.292 e. The van der Waals surface area contributed by atoms with Crippen molar-refractivity contribution >= 4 is 0 Å². The average Bonchev–Trinajstić information content (AvgIpc) is 3.54. The summed E-state index contributed by atoms with van der Waals surface area (Å²) in [4.78, 5) is 17.9. The third kappa shape index (κ3) is 4.49. The molecule has 0 aliphatic heterocycles. The maximum Gasteiger partial charge on any atom is 0.333 e. The lowest BCUT2D eigenvalue weighted by molar-refractivity contribution is 0.690. The molecule has 0 unspecified atom stereocenters. The van der Waals surface area contributed by atoms with Gasteiger partial charge in [-0.15, -0.1) is 5.10 Å². The van der Waals surface area contributed by atoms with Crippen LogP contribution in [0.25, 0.3) is 28.2 Å². The highest BCUT2D eigenvalue weighted by Gasteiger charge is 2.16. The maximum absolute atomic E-state index is 13.6. The van der Waals surface area contributed by atoms with Crippen molar-refractivity contribution in [2.75, 3.05) is 0 Å². The molecule has 8 heteroatoms. The fraction of sp³-hybridized carbons (Fsp3) is 0.250. The zero-order valence-corrected chi connectivity index (χ0v) is 20.7. The first-order valence-electron chi connectivity index (χ1n) is 12.2. The van der Waals surface area contributed by atoms with Gasteiger partial charge in [-0.1, -0.05) is 69.7 Å². The van der Waals surface area contributed by atoms with E-state index < -0.39 is 0 Å². The van der Waals surface area contributed by atoms with Crippen molar-refractivity contribution in [3.63, 3.8) is 0 Å². The Morgan fingerprint density at radius 3 is 2.53 bits per heavy atom. The lowest BCUT2D eigenvalue weighted by atomic mass is 10.0. The van der Waals surface area contributed by atoms with Crippen LogP contribution in [-0.4, -0.2) is 34.7 Å². The molecule has 0 aliphatic carbocycles. The fourth-order valence-electron chi connectivity index (χ4n) is 4.60. The van der Waals surface area contributed by atoms with Crippen molar-refractivity contribution in [2.45, 2.75) is 46.1 Å². The van der Waals surface area contributed by atoms with E-state index in [0.717, 1.165) is 46.5 Å². The summed E-state index contributed by atoms with van der Waals surface area (Å²) < 4.78 is 3.70. The van der Waals surface area contributed by atoms with Crippen molar-refractivity contribution in [1.82, 2.24) is 34.7 Å².